The van der Waals surface area contributed by atoms with Crippen LogP contribution in [0.5, 0.6) is 0 Å². The fraction of sp³-hybridized carbons (Fsp3) is 0.333. The topological polar surface area (TPSA) is 130 Å². The molecular formula is C33H33Cl4F2N5O4. The third kappa shape index (κ3) is 10.5. The van der Waals surface area contributed by atoms with Crippen molar-refractivity contribution in [3.05, 3.63) is 116 Å². The first kappa shape index (κ1) is 39.0. The first-order valence-electron chi connectivity index (χ1n) is 14.7. The van der Waals surface area contributed by atoms with Crippen LogP contribution in [0.4, 0.5) is 8.78 Å². The molecule has 2 fully saturated rings. The van der Waals surface area contributed by atoms with E-state index in [0.29, 0.717) is 36.6 Å². The van der Waals surface area contributed by atoms with Crippen LogP contribution in [0.25, 0.3) is 0 Å². The Bertz CT molecular complexity index is 1710. The Morgan fingerprint density at radius 2 is 1.19 bits per heavy atom. The zero-order valence-electron chi connectivity index (χ0n) is 26.0. The number of carbonyl (C=O) groups is 2. The van der Waals surface area contributed by atoms with Gasteiger partial charge in [0.05, 0.1) is 34.4 Å². The number of esters is 2. The summed E-state index contributed by atoms with van der Waals surface area (Å²) >= 11 is 16.9. The molecule has 48 heavy (non-hydrogen) atoms. The molecule has 0 unspecified atom stereocenters. The largest absolute Gasteiger partial charge is 0.462 e. The zero-order chi connectivity index (χ0) is 34.2. The van der Waals surface area contributed by atoms with E-state index in [2.05, 4.69) is 19.9 Å². The molecule has 0 radical (unpaired) electrons. The number of rotatable bonds is 8. The van der Waals surface area contributed by atoms with Crippen LogP contribution in [0.3, 0.4) is 0 Å². The number of nitrogens with two attached hydrogens (primary N) is 1. The molecule has 2 aliphatic carbocycles. The van der Waals surface area contributed by atoms with Crippen LogP contribution < -0.4 is 5.73 Å². The molecule has 2 heterocycles. The Hall–Kier alpha value is -3.48. The number of aromatic nitrogens is 4. The third-order valence-electron chi connectivity index (χ3n) is 7.51. The maximum absolute atomic E-state index is 13.3. The predicted molar refractivity (Wildman–Crippen MR) is 181 cm³/mol. The molecule has 2 N–H and O–H groups in total. The van der Waals surface area contributed by atoms with E-state index in [0.717, 1.165) is 36.8 Å². The second-order valence-electron chi connectivity index (χ2n) is 10.9. The van der Waals surface area contributed by atoms with E-state index in [1.165, 1.54) is 36.9 Å². The molecule has 0 bridgehead atoms. The standard InChI is InChI=1S/C17H16ClFN2O2.C9H9ClFN.C7H7ClN2O2.ClH/c1-2-23-16(22)11-9-20-15(21-10-11)8-17(5-6-17)12-3-4-14(19)13(18)7-12;10-7-5-6(1-2-8(7)11)9(12)3-4-9;1-2-12-6(11)5-3-9-7(8)10-4-5;/h3-4,7,9-10H,2,5-6,8H2,1H3;1-2,5H,3-4,12H2;3-4H,2H2,1H3;1H. The SMILES string of the molecule is CCOC(=O)c1cnc(CC2(c3ccc(F)c(Cl)c3)CC2)nc1.CCOC(=O)c1cnc(Cl)nc1.Cl.NC1(c2ccc(F)c(Cl)c2)CC1. The van der Waals surface area contributed by atoms with Crippen molar-refractivity contribution in [1.82, 2.24) is 19.9 Å². The average Bonchev–Trinajstić information content (AvgIpc) is 4.00. The molecule has 0 saturated heterocycles. The number of hydrogen-bond donors (Lipinski definition) is 1. The van der Waals surface area contributed by atoms with Gasteiger partial charge in [0, 0.05) is 42.2 Å². The van der Waals surface area contributed by atoms with Crippen LogP contribution in [-0.2, 0) is 26.8 Å². The maximum atomic E-state index is 13.3. The molecule has 4 aromatic rings. The first-order chi connectivity index (χ1) is 22.4. The number of hydrogen-bond acceptors (Lipinski definition) is 9. The summed E-state index contributed by atoms with van der Waals surface area (Å²) in [6, 6.07) is 9.52. The monoisotopic (exact) mass is 741 g/mol. The Kier molecular flexibility index (Phi) is 14.0. The maximum Gasteiger partial charge on any atom is 0.341 e. The highest BCUT2D eigenvalue weighted by atomic mass is 35.5. The quantitative estimate of drug-likeness (QED) is 0.142. The van der Waals surface area contributed by atoms with E-state index in [1.54, 1.807) is 38.1 Å². The van der Waals surface area contributed by atoms with Crippen LogP contribution in [0.2, 0.25) is 15.3 Å². The van der Waals surface area contributed by atoms with Crippen molar-refractivity contribution in [2.45, 2.75) is 56.9 Å². The van der Waals surface area contributed by atoms with Crippen LogP contribution in [0.15, 0.2) is 61.2 Å². The van der Waals surface area contributed by atoms with Crippen molar-refractivity contribution < 1.29 is 27.8 Å². The zero-order valence-corrected chi connectivity index (χ0v) is 29.1. The molecule has 6 rings (SSSR count). The van der Waals surface area contributed by atoms with Gasteiger partial charge in [-0.15, -0.1) is 12.4 Å². The number of halogens is 6. The van der Waals surface area contributed by atoms with Gasteiger partial charge < -0.3 is 15.2 Å². The summed E-state index contributed by atoms with van der Waals surface area (Å²) in [5.41, 5.74) is 8.19. The molecule has 2 aromatic carbocycles. The second-order valence-corrected chi connectivity index (χ2v) is 12.1. The van der Waals surface area contributed by atoms with Gasteiger partial charge >= 0.3 is 11.9 Å². The number of nitrogens with zero attached hydrogens (tertiary/aromatic N) is 4. The Labute approximate surface area is 298 Å². The normalized spacial score (nSPS) is 14.5. The minimum Gasteiger partial charge on any atom is -0.462 e. The van der Waals surface area contributed by atoms with E-state index < -0.39 is 17.8 Å². The van der Waals surface area contributed by atoms with Crippen LogP contribution in [0, 0.1) is 11.6 Å². The molecule has 2 saturated carbocycles. The summed E-state index contributed by atoms with van der Waals surface area (Å²) in [7, 11) is 0. The number of ether oxygens (including phenoxy) is 2. The molecule has 256 valence electrons. The van der Waals surface area contributed by atoms with Gasteiger partial charge in [0.15, 0.2) is 0 Å². The summed E-state index contributed by atoms with van der Waals surface area (Å²) < 4.78 is 35.7. The Morgan fingerprint density at radius 3 is 1.60 bits per heavy atom. The Morgan fingerprint density at radius 1 is 0.750 bits per heavy atom. The summed E-state index contributed by atoms with van der Waals surface area (Å²) in [6.07, 6.45) is 10.2. The van der Waals surface area contributed by atoms with Crippen LogP contribution in [-0.4, -0.2) is 45.1 Å². The third-order valence-corrected chi connectivity index (χ3v) is 8.29. The van der Waals surface area contributed by atoms with E-state index in [1.807, 2.05) is 0 Å². The highest BCUT2D eigenvalue weighted by Gasteiger charge is 2.45. The molecule has 2 aromatic heterocycles. The lowest BCUT2D eigenvalue weighted by molar-refractivity contribution is 0.0515. The average molecular weight is 743 g/mol. The summed E-state index contributed by atoms with van der Waals surface area (Å²) in [6.45, 7) is 4.13. The van der Waals surface area contributed by atoms with Gasteiger partial charge in [-0.3, -0.25) is 0 Å². The van der Waals surface area contributed by atoms with Gasteiger partial charge in [-0.2, -0.15) is 0 Å². The van der Waals surface area contributed by atoms with Crippen molar-refractivity contribution in [2.75, 3.05) is 13.2 Å². The summed E-state index contributed by atoms with van der Waals surface area (Å²) in [5.74, 6) is -1.01. The van der Waals surface area contributed by atoms with E-state index in [9.17, 15) is 18.4 Å². The number of benzene rings is 2. The fourth-order valence-corrected chi connectivity index (χ4v) is 4.93. The molecule has 0 amide bonds. The van der Waals surface area contributed by atoms with Crippen molar-refractivity contribution in [2.24, 2.45) is 5.73 Å². The van der Waals surface area contributed by atoms with Gasteiger partial charge in [0.25, 0.3) is 0 Å². The second kappa shape index (κ2) is 17.3. The molecule has 0 spiro atoms. The molecule has 0 atom stereocenters. The van der Waals surface area contributed by atoms with E-state index in [-0.39, 0.29) is 44.5 Å². The number of carbonyl (C=O) groups excluding carboxylic acids is 2. The lowest BCUT2D eigenvalue weighted by Gasteiger charge is -2.15. The smallest absolute Gasteiger partial charge is 0.341 e. The van der Waals surface area contributed by atoms with Gasteiger partial charge in [0.2, 0.25) is 5.28 Å². The van der Waals surface area contributed by atoms with Crippen molar-refractivity contribution in [3.63, 3.8) is 0 Å². The Balaban J connectivity index is 0.000000212. The molecule has 0 aliphatic heterocycles. The molecular weight excluding hydrogens is 710 g/mol. The van der Waals surface area contributed by atoms with Crippen molar-refractivity contribution in [1.29, 1.82) is 0 Å². The minimum absolute atomic E-state index is 0. The van der Waals surface area contributed by atoms with Gasteiger partial charge in [-0.05, 0) is 86.5 Å². The highest BCUT2D eigenvalue weighted by molar-refractivity contribution is 6.31. The molecule has 15 heteroatoms. The van der Waals surface area contributed by atoms with Crippen LogP contribution >= 0.6 is 47.2 Å². The molecule has 9 nitrogen and oxygen atoms in total. The van der Waals surface area contributed by atoms with Crippen molar-refractivity contribution in [3.8, 4) is 0 Å². The molecule has 2 aliphatic rings. The predicted octanol–water partition coefficient (Wildman–Crippen LogP) is 7.88. The van der Waals surface area contributed by atoms with Crippen molar-refractivity contribution >= 4 is 59.1 Å². The summed E-state index contributed by atoms with van der Waals surface area (Å²) in [4.78, 5) is 38.4. The highest BCUT2D eigenvalue weighted by Crippen LogP contribution is 2.50. The van der Waals surface area contributed by atoms with Gasteiger partial charge in [-0.25, -0.2) is 38.3 Å². The minimum atomic E-state index is -0.436. The first-order valence-corrected chi connectivity index (χ1v) is 15.9. The van der Waals surface area contributed by atoms with Crippen LogP contribution in [0.1, 0.15) is 77.2 Å². The van der Waals surface area contributed by atoms with E-state index >= 15 is 0 Å². The lowest BCUT2D eigenvalue weighted by atomic mass is 9.92. The van der Waals surface area contributed by atoms with Gasteiger partial charge in [0.1, 0.15) is 17.5 Å². The fourth-order valence-electron chi connectivity index (χ4n) is 4.47. The van der Waals surface area contributed by atoms with Gasteiger partial charge in [-0.1, -0.05) is 35.3 Å². The summed E-state index contributed by atoms with van der Waals surface area (Å²) in [5, 5.41) is 0.402. The van der Waals surface area contributed by atoms with E-state index in [4.69, 9.17) is 50.0 Å². The lowest BCUT2D eigenvalue weighted by Crippen LogP contribution is -2.18.